The molecule has 88 valence electrons. The van der Waals surface area contributed by atoms with Gasteiger partial charge in [-0.05, 0) is 5.75 Å². The van der Waals surface area contributed by atoms with Crippen LogP contribution in [0.2, 0.25) is 0 Å². The van der Waals surface area contributed by atoms with Gasteiger partial charge in [0.25, 0.3) is 0 Å². The summed E-state index contributed by atoms with van der Waals surface area (Å²) in [5.41, 5.74) is -0.972. The lowest BCUT2D eigenvalue weighted by atomic mass is 10.4. The Hall–Kier alpha value is -1.57. The van der Waals surface area contributed by atoms with Crippen molar-refractivity contribution < 1.29 is 14.8 Å². The fraction of sp³-hybridized carbons (Fsp3) is 0.500. The number of aromatic carboxylic acids is 1. The first-order valence-corrected chi connectivity index (χ1v) is 5.74. The van der Waals surface area contributed by atoms with Gasteiger partial charge in [0, 0.05) is 5.75 Å². The normalized spacial score (nSPS) is 10.3. The first-order valence-electron chi connectivity index (χ1n) is 4.59. The summed E-state index contributed by atoms with van der Waals surface area (Å²) in [7, 11) is 0. The number of aromatic nitrogens is 2. The molecule has 0 bridgehead atoms. The minimum Gasteiger partial charge on any atom is -0.476 e. The molecule has 16 heavy (non-hydrogen) atoms. The van der Waals surface area contributed by atoms with Crippen molar-refractivity contribution in [3.05, 3.63) is 22.0 Å². The van der Waals surface area contributed by atoms with Crippen molar-refractivity contribution in [2.45, 2.75) is 13.5 Å². The molecular weight excluding hydrogens is 234 g/mol. The van der Waals surface area contributed by atoms with Crippen LogP contribution >= 0.6 is 11.8 Å². The van der Waals surface area contributed by atoms with Crippen LogP contribution in [0.15, 0.2) is 6.20 Å². The van der Waals surface area contributed by atoms with Crippen LogP contribution in [-0.2, 0) is 6.54 Å². The SMILES string of the molecule is CCSCCn1cc([N+](=O)[O-])c(C(=O)O)n1. The number of carboxylic acid groups (broad SMARTS) is 1. The van der Waals surface area contributed by atoms with Crippen molar-refractivity contribution in [1.82, 2.24) is 9.78 Å². The standard InChI is InChI=1S/C8H11N3O4S/c1-2-16-4-3-10-5-6(11(14)15)7(9-10)8(12)13/h5H,2-4H2,1H3,(H,12,13). The van der Waals surface area contributed by atoms with E-state index in [1.807, 2.05) is 6.92 Å². The lowest BCUT2D eigenvalue weighted by Crippen LogP contribution is -2.05. The van der Waals surface area contributed by atoms with Gasteiger partial charge in [0.05, 0.1) is 11.5 Å². The van der Waals surface area contributed by atoms with Crippen molar-refractivity contribution in [3.63, 3.8) is 0 Å². The first-order chi connectivity index (χ1) is 7.56. The Morgan fingerprint density at radius 2 is 2.44 bits per heavy atom. The lowest BCUT2D eigenvalue weighted by molar-refractivity contribution is -0.385. The van der Waals surface area contributed by atoms with Gasteiger partial charge in [0.2, 0.25) is 5.69 Å². The molecule has 1 aromatic rings. The Bertz CT molecular complexity index is 372. The van der Waals surface area contributed by atoms with Gasteiger partial charge in [-0.1, -0.05) is 6.92 Å². The fourth-order valence-electron chi connectivity index (χ4n) is 1.11. The highest BCUT2D eigenvalue weighted by Gasteiger charge is 2.24. The van der Waals surface area contributed by atoms with Crippen molar-refractivity contribution in [1.29, 1.82) is 0 Å². The summed E-state index contributed by atoms with van der Waals surface area (Å²) in [6.07, 6.45) is 1.15. The van der Waals surface area contributed by atoms with E-state index in [4.69, 9.17) is 5.11 Å². The Labute approximate surface area is 95.6 Å². The summed E-state index contributed by atoms with van der Waals surface area (Å²) in [5, 5.41) is 22.9. The second-order valence-electron chi connectivity index (χ2n) is 2.89. The van der Waals surface area contributed by atoms with Gasteiger partial charge in [-0.15, -0.1) is 0 Å². The van der Waals surface area contributed by atoms with Gasteiger partial charge in [0.1, 0.15) is 6.20 Å². The minimum atomic E-state index is -1.38. The van der Waals surface area contributed by atoms with E-state index < -0.39 is 22.3 Å². The van der Waals surface area contributed by atoms with Crippen LogP contribution in [0.25, 0.3) is 0 Å². The molecule has 0 saturated carbocycles. The Kier molecular flexibility index (Phi) is 4.29. The summed E-state index contributed by atoms with van der Waals surface area (Å²) in [5.74, 6) is 0.303. The quantitative estimate of drug-likeness (QED) is 0.460. The van der Waals surface area contributed by atoms with E-state index in [1.54, 1.807) is 11.8 Å². The number of carboxylic acids is 1. The van der Waals surface area contributed by atoms with Gasteiger partial charge in [-0.2, -0.15) is 16.9 Å². The third-order valence-corrected chi connectivity index (χ3v) is 2.69. The Morgan fingerprint density at radius 1 is 1.75 bits per heavy atom. The van der Waals surface area contributed by atoms with Crippen LogP contribution in [0.1, 0.15) is 17.4 Å². The molecule has 7 nitrogen and oxygen atoms in total. The number of carbonyl (C=O) groups is 1. The molecule has 0 radical (unpaired) electrons. The third kappa shape index (κ3) is 2.96. The predicted octanol–water partition coefficient (Wildman–Crippen LogP) is 1.24. The number of aryl methyl sites for hydroxylation is 1. The van der Waals surface area contributed by atoms with E-state index in [9.17, 15) is 14.9 Å². The number of hydrogen-bond acceptors (Lipinski definition) is 5. The second-order valence-corrected chi connectivity index (χ2v) is 4.28. The molecule has 0 amide bonds. The summed E-state index contributed by atoms with van der Waals surface area (Å²) in [4.78, 5) is 20.5. The molecule has 1 heterocycles. The average Bonchev–Trinajstić information content (AvgIpc) is 2.62. The molecule has 1 rings (SSSR count). The highest BCUT2D eigenvalue weighted by atomic mass is 32.2. The van der Waals surface area contributed by atoms with E-state index in [2.05, 4.69) is 5.10 Å². The van der Waals surface area contributed by atoms with Gasteiger partial charge in [0.15, 0.2) is 0 Å². The van der Waals surface area contributed by atoms with E-state index in [0.717, 1.165) is 17.7 Å². The van der Waals surface area contributed by atoms with E-state index >= 15 is 0 Å². The molecule has 0 aliphatic heterocycles. The molecular formula is C8H11N3O4S. The smallest absolute Gasteiger partial charge is 0.363 e. The second kappa shape index (κ2) is 5.50. The summed E-state index contributed by atoms with van der Waals surface area (Å²) < 4.78 is 1.30. The maximum absolute atomic E-state index is 10.7. The Morgan fingerprint density at radius 3 is 2.88 bits per heavy atom. The topological polar surface area (TPSA) is 98.3 Å². The van der Waals surface area contributed by atoms with Crippen molar-refractivity contribution in [3.8, 4) is 0 Å². The van der Waals surface area contributed by atoms with Crippen LogP contribution in [0, 0.1) is 10.1 Å². The van der Waals surface area contributed by atoms with Crippen LogP contribution in [0.5, 0.6) is 0 Å². The maximum Gasteiger partial charge on any atom is 0.363 e. The highest BCUT2D eigenvalue weighted by Crippen LogP contribution is 2.16. The van der Waals surface area contributed by atoms with E-state index in [0.29, 0.717) is 6.54 Å². The van der Waals surface area contributed by atoms with Crippen molar-refractivity contribution in [2.24, 2.45) is 0 Å². The van der Waals surface area contributed by atoms with Crippen LogP contribution in [0.3, 0.4) is 0 Å². The number of hydrogen-bond donors (Lipinski definition) is 1. The maximum atomic E-state index is 10.7. The van der Waals surface area contributed by atoms with Crippen LogP contribution in [0.4, 0.5) is 5.69 Å². The molecule has 1 N–H and O–H groups in total. The molecule has 8 heteroatoms. The lowest BCUT2D eigenvalue weighted by Gasteiger charge is -1.97. The summed E-state index contributed by atoms with van der Waals surface area (Å²) >= 11 is 1.66. The molecule has 0 atom stereocenters. The monoisotopic (exact) mass is 245 g/mol. The molecule has 0 saturated heterocycles. The molecule has 0 spiro atoms. The van der Waals surface area contributed by atoms with E-state index in [-0.39, 0.29) is 0 Å². The van der Waals surface area contributed by atoms with E-state index in [1.165, 1.54) is 4.68 Å². The summed E-state index contributed by atoms with van der Waals surface area (Å²) in [6.45, 7) is 2.46. The summed E-state index contributed by atoms with van der Waals surface area (Å²) in [6, 6.07) is 0. The van der Waals surface area contributed by atoms with Crippen molar-refractivity contribution in [2.75, 3.05) is 11.5 Å². The van der Waals surface area contributed by atoms with Gasteiger partial charge in [-0.25, -0.2) is 4.79 Å². The number of rotatable bonds is 6. The zero-order valence-corrected chi connectivity index (χ0v) is 9.44. The van der Waals surface area contributed by atoms with Crippen molar-refractivity contribution >= 4 is 23.4 Å². The van der Waals surface area contributed by atoms with Gasteiger partial charge >= 0.3 is 11.7 Å². The van der Waals surface area contributed by atoms with Crippen LogP contribution in [-0.4, -0.2) is 37.3 Å². The van der Waals surface area contributed by atoms with Gasteiger partial charge in [-0.3, -0.25) is 14.8 Å². The molecule has 1 aromatic heterocycles. The molecule has 0 aliphatic rings. The Balaban J connectivity index is 2.84. The number of thioether (sulfide) groups is 1. The highest BCUT2D eigenvalue weighted by molar-refractivity contribution is 7.99. The number of nitrogens with zero attached hydrogens (tertiary/aromatic N) is 3. The fourth-order valence-corrected chi connectivity index (χ4v) is 1.72. The predicted molar refractivity (Wildman–Crippen MR) is 58.8 cm³/mol. The molecule has 0 aliphatic carbocycles. The zero-order chi connectivity index (χ0) is 12.1. The largest absolute Gasteiger partial charge is 0.476 e. The molecule has 0 aromatic carbocycles. The van der Waals surface area contributed by atoms with Crippen LogP contribution < -0.4 is 0 Å². The minimum absolute atomic E-state index is 0.464. The molecule has 0 unspecified atom stereocenters. The first kappa shape index (κ1) is 12.5. The van der Waals surface area contributed by atoms with Gasteiger partial charge < -0.3 is 5.11 Å². The molecule has 0 fully saturated rings. The average molecular weight is 245 g/mol. The zero-order valence-electron chi connectivity index (χ0n) is 8.62. The third-order valence-electron chi connectivity index (χ3n) is 1.81. The number of nitro groups is 1.